The van der Waals surface area contributed by atoms with Gasteiger partial charge in [-0.1, -0.05) is 49.7 Å². The van der Waals surface area contributed by atoms with Crippen LogP contribution in [0.25, 0.3) is 0 Å². The van der Waals surface area contributed by atoms with E-state index in [9.17, 15) is 4.79 Å². The van der Waals surface area contributed by atoms with Crippen molar-refractivity contribution >= 4 is 16.3 Å². The number of carbonyl (C=O) groups excluding carboxylic acids is 1. The summed E-state index contributed by atoms with van der Waals surface area (Å²) in [6.45, 7) is 2.00. The van der Waals surface area contributed by atoms with Crippen LogP contribution in [-0.4, -0.2) is 12.1 Å². The Hall–Kier alpha value is -2.72. The van der Waals surface area contributed by atoms with Gasteiger partial charge in [0.05, 0.1) is 6.10 Å². The Kier molecular flexibility index (Phi) is 7.54. The molecule has 1 aliphatic carbocycles. The van der Waals surface area contributed by atoms with Gasteiger partial charge in [0, 0.05) is 21.1 Å². The molecule has 4 heteroatoms. The second-order valence-electron chi connectivity index (χ2n) is 8.24. The molecule has 0 aromatic heterocycles. The lowest BCUT2D eigenvalue weighted by atomic mass is 9.98. The summed E-state index contributed by atoms with van der Waals surface area (Å²) in [7, 11) is -2.21. The molecule has 4 rings (SSSR count). The van der Waals surface area contributed by atoms with Gasteiger partial charge < -0.3 is 8.92 Å². The normalized spacial score (nSPS) is 15.2. The van der Waals surface area contributed by atoms with Gasteiger partial charge in [-0.05, 0) is 90.9 Å². The van der Waals surface area contributed by atoms with Crippen LogP contribution in [0.15, 0.2) is 99.6 Å². The summed E-state index contributed by atoms with van der Waals surface area (Å²) in [6.07, 6.45) is 7.50. The summed E-state index contributed by atoms with van der Waals surface area (Å²) in [6, 6.07) is 28.5. The fraction of sp³-hybridized carbons (Fsp3) is 0.321. The van der Waals surface area contributed by atoms with Gasteiger partial charge in [-0.3, -0.25) is 4.79 Å². The molecular formula is C28H32O3S. The van der Waals surface area contributed by atoms with Crippen LogP contribution in [0.5, 0.6) is 5.75 Å². The van der Waals surface area contributed by atoms with Crippen LogP contribution in [0.2, 0.25) is 0 Å². The molecule has 0 bridgehead atoms. The molecule has 0 atom stereocenters. The molecule has 1 aliphatic rings. The topological polar surface area (TPSA) is 35.5 Å². The first-order chi connectivity index (χ1) is 15.7. The first-order valence-electron chi connectivity index (χ1n) is 11.6. The van der Waals surface area contributed by atoms with Crippen molar-refractivity contribution < 1.29 is 13.7 Å². The molecule has 0 amide bonds. The van der Waals surface area contributed by atoms with Crippen molar-refractivity contribution in [1.82, 2.24) is 0 Å². The van der Waals surface area contributed by atoms with Gasteiger partial charge in [-0.2, -0.15) is 0 Å². The van der Waals surface area contributed by atoms with E-state index < -0.39 is 10.3 Å². The summed E-state index contributed by atoms with van der Waals surface area (Å²) in [4.78, 5) is 15.9. The summed E-state index contributed by atoms with van der Waals surface area (Å²) < 4.78 is 12.7. The van der Waals surface area contributed by atoms with E-state index in [0.29, 0.717) is 12.5 Å². The number of rotatable bonds is 8. The predicted octanol–water partition coefficient (Wildman–Crippen LogP) is 7.94. The van der Waals surface area contributed by atoms with E-state index in [-0.39, 0.29) is 5.97 Å². The summed E-state index contributed by atoms with van der Waals surface area (Å²) in [5, 5.41) is 0. The lowest BCUT2D eigenvalue weighted by Gasteiger charge is -2.40. The Bertz CT molecular complexity index is 941. The van der Waals surface area contributed by atoms with E-state index in [4.69, 9.17) is 8.92 Å². The Morgan fingerprint density at radius 3 is 1.84 bits per heavy atom. The van der Waals surface area contributed by atoms with Crippen LogP contribution >= 0.6 is 10.3 Å². The average Bonchev–Trinajstić information content (AvgIpc) is 2.85. The SMILES string of the molecule is CCCC(=O)OS(c1ccccc1)(c1ccccc1)c1ccc(OC2CCCCC2)cc1. The van der Waals surface area contributed by atoms with Crippen molar-refractivity contribution in [1.29, 1.82) is 0 Å². The van der Waals surface area contributed by atoms with E-state index in [2.05, 4.69) is 36.4 Å². The van der Waals surface area contributed by atoms with Crippen molar-refractivity contribution in [3.05, 3.63) is 84.9 Å². The molecule has 1 fully saturated rings. The molecule has 0 N–H and O–H groups in total. The zero-order valence-electron chi connectivity index (χ0n) is 18.7. The third kappa shape index (κ3) is 5.02. The highest BCUT2D eigenvalue weighted by atomic mass is 32.3. The smallest absolute Gasteiger partial charge is 0.317 e. The maximum Gasteiger partial charge on any atom is 0.317 e. The zero-order valence-corrected chi connectivity index (χ0v) is 19.6. The maximum absolute atomic E-state index is 12.9. The molecular weight excluding hydrogens is 416 g/mol. The molecule has 0 unspecified atom stereocenters. The van der Waals surface area contributed by atoms with Crippen LogP contribution < -0.4 is 4.74 Å². The van der Waals surface area contributed by atoms with Gasteiger partial charge in [0.1, 0.15) is 5.75 Å². The molecule has 0 heterocycles. The predicted molar refractivity (Wildman–Crippen MR) is 130 cm³/mol. The Morgan fingerprint density at radius 2 is 1.31 bits per heavy atom. The molecule has 168 valence electrons. The van der Waals surface area contributed by atoms with Crippen molar-refractivity contribution in [3.8, 4) is 5.75 Å². The van der Waals surface area contributed by atoms with Crippen LogP contribution in [-0.2, 0) is 8.98 Å². The molecule has 0 radical (unpaired) electrons. The lowest BCUT2D eigenvalue weighted by molar-refractivity contribution is -0.133. The van der Waals surface area contributed by atoms with Crippen LogP contribution in [0.3, 0.4) is 0 Å². The molecule has 1 saturated carbocycles. The molecule has 3 aromatic carbocycles. The maximum atomic E-state index is 12.9. The standard InChI is InChI=1S/C28H32O3S/c1-2-12-28(29)31-32(25-15-8-4-9-16-25,26-17-10-5-11-18-26)27-21-19-24(20-22-27)30-23-13-6-3-7-14-23/h4-5,8-11,15-23H,2-3,6-7,12-14H2,1H3. The molecule has 3 aromatic rings. The molecule has 0 aliphatic heterocycles. The van der Waals surface area contributed by atoms with Gasteiger partial charge >= 0.3 is 5.97 Å². The van der Waals surface area contributed by atoms with Crippen molar-refractivity contribution in [2.24, 2.45) is 0 Å². The third-order valence-electron chi connectivity index (χ3n) is 5.83. The highest BCUT2D eigenvalue weighted by Gasteiger charge is 2.35. The van der Waals surface area contributed by atoms with Crippen molar-refractivity contribution in [2.45, 2.75) is 72.7 Å². The lowest BCUT2D eigenvalue weighted by Crippen LogP contribution is -2.19. The quantitative estimate of drug-likeness (QED) is 0.351. The average molecular weight is 449 g/mol. The fourth-order valence-electron chi connectivity index (χ4n) is 4.25. The minimum Gasteiger partial charge on any atom is -0.490 e. The van der Waals surface area contributed by atoms with Crippen molar-refractivity contribution in [3.63, 3.8) is 0 Å². The van der Waals surface area contributed by atoms with Gasteiger partial charge in [-0.15, -0.1) is 0 Å². The number of ether oxygens (including phenoxy) is 1. The van der Waals surface area contributed by atoms with Gasteiger partial charge in [0.2, 0.25) is 0 Å². The summed E-state index contributed by atoms with van der Waals surface area (Å²) in [5.74, 6) is 0.715. The molecule has 32 heavy (non-hydrogen) atoms. The van der Waals surface area contributed by atoms with Crippen molar-refractivity contribution in [2.75, 3.05) is 0 Å². The number of benzene rings is 3. The second kappa shape index (κ2) is 10.7. The number of carbonyl (C=O) groups is 1. The third-order valence-corrected chi connectivity index (χ3v) is 9.08. The molecule has 3 nitrogen and oxygen atoms in total. The van der Waals surface area contributed by atoms with E-state index in [1.807, 2.05) is 55.5 Å². The monoisotopic (exact) mass is 448 g/mol. The largest absolute Gasteiger partial charge is 0.490 e. The fourth-order valence-corrected chi connectivity index (χ4v) is 7.31. The van der Waals surface area contributed by atoms with E-state index in [1.54, 1.807) is 0 Å². The highest BCUT2D eigenvalue weighted by Crippen LogP contribution is 2.69. The van der Waals surface area contributed by atoms with Crippen LogP contribution in [0, 0.1) is 0 Å². The Morgan fingerprint density at radius 1 is 0.781 bits per heavy atom. The summed E-state index contributed by atoms with van der Waals surface area (Å²) >= 11 is 0. The Balaban J connectivity index is 1.76. The zero-order chi connectivity index (χ0) is 22.2. The van der Waals surface area contributed by atoms with Gasteiger partial charge in [0.25, 0.3) is 0 Å². The van der Waals surface area contributed by atoms with Crippen LogP contribution in [0.1, 0.15) is 51.9 Å². The van der Waals surface area contributed by atoms with E-state index in [1.165, 1.54) is 19.3 Å². The minimum atomic E-state index is -2.21. The van der Waals surface area contributed by atoms with E-state index in [0.717, 1.165) is 39.7 Å². The summed E-state index contributed by atoms with van der Waals surface area (Å²) in [5.41, 5.74) is 0. The van der Waals surface area contributed by atoms with Crippen LogP contribution in [0.4, 0.5) is 0 Å². The molecule has 0 spiro atoms. The number of hydrogen-bond acceptors (Lipinski definition) is 3. The first-order valence-corrected chi connectivity index (χ1v) is 13.2. The molecule has 0 saturated heterocycles. The van der Waals surface area contributed by atoms with Gasteiger partial charge in [0.15, 0.2) is 0 Å². The number of hydrogen-bond donors (Lipinski definition) is 0. The second-order valence-corrected chi connectivity index (χ2v) is 10.9. The van der Waals surface area contributed by atoms with E-state index >= 15 is 0 Å². The minimum absolute atomic E-state index is 0.169. The highest BCUT2D eigenvalue weighted by molar-refractivity contribution is 8.30. The van der Waals surface area contributed by atoms with Gasteiger partial charge in [-0.25, -0.2) is 0 Å². The first kappa shape index (κ1) is 22.5. The Labute approximate surface area is 193 Å².